The van der Waals surface area contributed by atoms with Crippen LogP contribution < -0.4 is 4.90 Å². The Morgan fingerprint density at radius 1 is 1.00 bits per heavy atom. The lowest BCUT2D eigenvalue weighted by Crippen LogP contribution is -2.37. The van der Waals surface area contributed by atoms with Gasteiger partial charge in [-0.05, 0) is 12.1 Å². The first kappa shape index (κ1) is 15.0. The third-order valence-corrected chi connectivity index (χ3v) is 4.48. The summed E-state index contributed by atoms with van der Waals surface area (Å²) in [6.45, 7) is 2.88. The van der Waals surface area contributed by atoms with Crippen LogP contribution in [0.25, 0.3) is 28.2 Å². The lowest BCUT2D eigenvalue weighted by molar-refractivity contribution is 0.122. The van der Waals surface area contributed by atoms with Crippen LogP contribution >= 0.6 is 0 Å². The molecule has 0 spiro atoms. The van der Waals surface area contributed by atoms with Gasteiger partial charge in [0.05, 0.1) is 13.2 Å². The van der Waals surface area contributed by atoms with E-state index in [0.29, 0.717) is 30.9 Å². The summed E-state index contributed by atoms with van der Waals surface area (Å²) in [5.41, 5.74) is 2.03. The van der Waals surface area contributed by atoms with Gasteiger partial charge in [-0.15, -0.1) is 0 Å². The van der Waals surface area contributed by atoms with Crippen LogP contribution in [0.5, 0.6) is 0 Å². The van der Waals surface area contributed by atoms with Gasteiger partial charge in [-0.1, -0.05) is 12.1 Å². The normalized spacial score (nSPS) is 14.8. The number of ether oxygens (including phenoxy) is 1. The van der Waals surface area contributed by atoms with Gasteiger partial charge in [0.2, 0.25) is 11.9 Å². The average Bonchev–Trinajstić information content (AvgIpc) is 3.40. The summed E-state index contributed by atoms with van der Waals surface area (Å²) < 4.78 is 7.25. The molecule has 3 aromatic heterocycles. The summed E-state index contributed by atoms with van der Waals surface area (Å²) in [7, 11) is 0. The van der Waals surface area contributed by atoms with E-state index >= 15 is 0 Å². The molecule has 1 fully saturated rings. The highest BCUT2D eigenvalue weighted by molar-refractivity contribution is 5.93. The van der Waals surface area contributed by atoms with E-state index in [2.05, 4.69) is 19.9 Å². The van der Waals surface area contributed by atoms with Gasteiger partial charge in [0, 0.05) is 48.1 Å². The molecule has 0 unspecified atom stereocenters. The van der Waals surface area contributed by atoms with Gasteiger partial charge in [0.25, 0.3) is 0 Å². The van der Waals surface area contributed by atoms with Gasteiger partial charge in [0.1, 0.15) is 6.33 Å². The van der Waals surface area contributed by atoms with Crippen molar-refractivity contribution in [3.8, 4) is 17.3 Å². The summed E-state index contributed by atoms with van der Waals surface area (Å²) in [5, 5.41) is 1.09. The number of aromatic amines is 1. The van der Waals surface area contributed by atoms with Crippen molar-refractivity contribution in [2.75, 3.05) is 31.2 Å². The Bertz CT molecular complexity index is 1030. The zero-order valence-electron chi connectivity index (χ0n) is 14.0. The molecule has 26 heavy (non-hydrogen) atoms. The summed E-state index contributed by atoms with van der Waals surface area (Å²) in [6.07, 6.45) is 7.16. The molecule has 1 saturated heterocycles. The van der Waals surface area contributed by atoms with Gasteiger partial charge < -0.3 is 14.6 Å². The van der Waals surface area contributed by atoms with Crippen molar-refractivity contribution >= 4 is 16.9 Å². The van der Waals surface area contributed by atoms with E-state index < -0.39 is 0 Å². The zero-order valence-corrected chi connectivity index (χ0v) is 14.0. The molecule has 1 aliphatic heterocycles. The summed E-state index contributed by atoms with van der Waals surface area (Å²) >= 11 is 0. The molecule has 8 heteroatoms. The molecule has 4 aromatic rings. The fourth-order valence-electron chi connectivity index (χ4n) is 3.15. The Balaban J connectivity index is 1.69. The first-order chi connectivity index (χ1) is 12.9. The van der Waals surface area contributed by atoms with Crippen molar-refractivity contribution in [1.82, 2.24) is 29.5 Å². The molecule has 0 radical (unpaired) electrons. The second-order valence-electron chi connectivity index (χ2n) is 6.07. The number of benzene rings is 1. The van der Waals surface area contributed by atoms with Crippen LogP contribution in [-0.2, 0) is 4.74 Å². The van der Waals surface area contributed by atoms with Gasteiger partial charge in [0.15, 0.2) is 5.82 Å². The third kappa shape index (κ3) is 2.60. The molecular weight excluding hydrogens is 330 g/mol. The van der Waals surface area contributed by atoms with E-state index in [1.54, 1.807) is 17.1 Å². The van der Waals surface area contributed by atoms with Crippen LogP contribution in [0.15, 0.2) is 49.2 Å². The number of H-pyrrole nitrogens is 1. The van der Waals surface area contributed by atoms with E-state index in [9.17, 15) is 0 Å². The van der Waals surface area contributed by atoms with Crippen molar-refractivity contribution < 1.29 is 4.74 Å². The average molecular weight is 347 g/mol. The molecule has 8 nitrogen and oxygen atoms in total. The highest BCUT2D eigenvalue weighted by Gasteiger charge is 2.18. The minimum Gasteiger partial charge on any atom is -0.378 e. The maximum atomic E-state index is 5.45. The van der Waals surface area contributed by atoms with Crippen molar-refractivity contribution in [3.63, 3.8) is 0 Å². The zero-order chi connectivity index (χ0) is 17.3. The number of hydrogen-bond donors (Lipinski definition) is 1. The number of morpholine rings is 1. The SMILES string of the molecule is c1cc(-c2nc(N3CCOCC3)nc(-n3ccnc3)n2)c2cc[nH]c2c1. The number of hydrogen-bond acceptors (Lipinski definition) is 6. The largest absolute Gasteiger partial charge is 0.378 e. The van der Waals surface area contributed by atoms with Crippen LogP contribution in [0.3, 0.4) is 0 Å². The van der Waals surface area contributed by atoms with Crippen LogP contribution in [0.1, 0.15) is 0 Å². The number of aromatic nitrogens is 6. The van der Waals surface area contributed by atoms with Crippen molar-refractivity contribution in [1.29, 1.82) is 0 Å². The predicted octanol–water partition coefficient (Wildman–Crippen LogP) is 2.04. The maximum absolute atomic E-state index is 5.45. The number of rotatable bonds is 3. The van der Waals surface area contributed by atoms with Crippen LogP contribution in [0, 0.1) is 0 Å². The van der Waals surface area contributed by atoms with Crippen molar-refractivity contribution in [2.24, 2.45) is 0 Å². The van der Waals surface area contributed by atoms with Gasteiger partial charge in [-0.25, -0.2) is 4.98 Å². The number of anilines is 1. The molecule has 1 N–H and O–H groups in total. The molecule has 0 aliphatic carbocycles. The van der Waals surface area contributed by atoms with Gasteiger partial charge in [-0.3, -0.25) is 4.57 Å². The van der Waals surface area contributed by atoms with E-state index in [1.165, 1.54) is 0 Å². The number of nitrogens with zero attached hydrogens (tertiary/aromatic N) is 6. The molecule has 0 bridgehead atoms. The Hall–Kier alpha value is -3.26. The number of fused-ring (bicyclic) bond motifs is 1. The van der Waals surface area contributed by atoms with E-state index in [-0.39, 0.29) is 0 Å². The summed E-state index contributed by atoms with van der Waals surface area (Å²) in [4.78, 5) is 23.6. The van der Waals surface area contributed by atoms with Crippen LogP contribution in [-0.4, -0.2) is 55.8 Å². The van der Waals surface area contributed by atoms with Crippen LogP contribution in [0.2, 0.25) is 0 Å². The fourth-order valence-corrected chi connectivity index (χ4v) is 3.15. The van der Waals surface area contributed by atoms with Gasteiger partial charge in [-0.2, -0.15) is 15.0 Å². The highest BCUT2D eigenvalue weighted by Crippen LogP contribution is 2.27. The quantitative estimate of drug-likeness (QED) is 0.610. The smallest absolute Gasteiger partial charge is 0.240 e. The number of imidazole rings is 1. The molecule has 0 atom stereocenters. The van der Waals surface area contributed by atoms with E-state index in [0.717, 1.165) is 29.6 Å². The maximum Gasteiger partial charge on any atom is 0.240 e. The predicted molar refractivity (Wildman–Crippen MR) is 97.3 cm³/mol. The molecule has 1 aliphatic rings. The Morgan fingerprint density at radius 2 is 1.88 bits per heavy atom. The lowest BCUT2D eigenvalue weighted by atomic mass is 10.1. The fraction of sp³-hybridized carbons (Fsp3) is 0.222. The van der Waals surface area contributed by atoms with Crippen LogP contribution in [0.4, 0.5) is 5.95 Å². The molecule has 130 valence electrons. The minimum absolute atomic E-state index is 0.557. The minimum atomic E-state index is 0.557. The third-order valence-electron chi connectivity index (χ3n) is 4.48. The molecule has 4 heterocycles. The molecule has 0 amide bonds. The van der Waals surface area contributed by atoms with Crippen molar-refractivity contribution in [3.05, 3.63) is 49.2 Å². The Kier molecular flexibility index (Phi) is 3.60. The standard InChI is InChI=1S/C18H17N7O/c1-2-14(13-4-5-20-15(13)3-1)16-21-17(24-8-10-26-11-9-24)23-18(22-16)25-7-6-19-12-25/h1-7,12,20H,8-11H2. The van der Waals surface area contributed by atoms with Crippen molar-refractivity contribution in [2.45, 2.75) is 0 Å². The molecular formula is C18H17N7O. The molecule has 1 aromatic carbocycles. The van der Waals surface area contributed by atoms with E-state index in [1.807, 2.05) is 36.7 Å². The molecule has 0 saturated carbocycles. The van der Waals surface area contributed by atoms with E-state index in [4.69, 9.17) is 14.7 Å². The Morgan fingerprint density at radius 3 is 2.73 bits per heavy atom. The first-order valence-electron chi connectivity index (χ1n) is 8.52. The topological polar surface area (TPSA) is 84.8 Å². The number of nitrogens with one attached hydrogen (secondary N) is 1. The Labute approximate surface area is 149 Å². The van der Waals surface area contributed by atoms with Gasteiger partial charge >= 0.3 is 0 Å². The summed E-state index contributed by atoms with van der Waals surface area (Å²) in [5.74, 6) is 1.87. The second-order valence-corrected chi connectivity index (χ2v) is 6.07. The first-order valence-corrected chi connectivity index (χ1v) is 8.52. The monoisotopic (exact) mass is 347 g/mol. The summed E-state index contributed by atoms with van der Waals surface area (Å²) in [6, 6.07) is 8.12. The highest BCUT2D eigenvalue weighted by atomic mass is 16.5. The molecule has 5 rings (SSSR count). The second kappa shape index (κ2) is 6.23. The lowest BCUT2D eigenvalue weighted by Gasteiger charge is -2.27.